The fraction of sp³-hybridized carbons (Fsp3) is 0.400. The topological polar surface area (TPSA) is 104 Å². The maximum Gasteiger partial charge on any atom is 0.269 e. The maximum atomic E-state index is 13.2. The SMILES string of the molecule is O=[N+]([O-])c1ccc(N(C[C@@H](O)CN2CCCCC2)S(=O)(=O)c2ccccc2)cc1. The van der Waals surface area contributed by atoms with Gasteiger partial charge in [0, 0.05) is 18.7 Å². The van der Waals surface area contributed by atoms with Gasteiger partial charge in [-0.05, 0) is 50.2 Å². The van der Waals surface area contributed by atoms with Crippen molar-refractivity contribution in [3.8, 4) is 0 Å². The third-order valence-corrected chi connectivity index (χ3v) is 6.78. The Morgan fingerprint density at radius 1 is 1.03 bits per heavy atom. The third kappa shape index (κ3) is 5.31. The number of aliphatic hydroxyl groups is 1. The third-order valence-electron chi connectivity index (χ3n) is 4.97. The molecule has 0 spiro atoms. The van der Waals surface area contributed by atoms with Crippen molar-refractivity contribution in [3.05, 3.63) is 64.7 Å². The van der Waals surface area contributed by atoms with Crippen LogP contribution in [0.5, 0.6) is 0 Å². The normalized spacial score (nSPS) is 16.3. The second kappa shape index (κ2) is 9.34. The summed E-state index contributed by atoms with van der Waals surface area (Å²) in [5, 5.41) is 21.6. The molecule has 2 aromatic rings. The zero-order chi connectivity index (χ0) is 20.9. The molecule has 8 nitrogen and oxygen atoms in total. The molecule has 0 unspecified atom stereocenters. The molecule has 0 radical (unpaired) electrons. The molecule has 156 valence electrons. The number of benzene rings is 2. The fourth-order valence-corrected chi connectivity index (χ4v) is 5.01. The Morgan fingerprint density at radius 2 is 1.66 bits per heavy atom. The Morgan fingerprint density at radius 3 is 2.24 bits per heavy atom. The Hall–Kier alpha value is -2.49. The minimum atomic E-state index is -3.94. The lowest BCUT2D eigenvalue weighted by atomic mass is 10.1. The number of aliphatic hydroxyl groups excluding tert-OH is 1. The molecule has 0 aliphatic carbocycles. The van der Waals surface area contributed by atoms with E-state index in [9.17, 15) is 23.6 Å². The van der Waals surface area contributed by atoms with E-state index in [4.69, 9.17) is 0 Å². The summed E-state index contributed by atoms with van der Waals surface area (Å²) in [5.74, 6) is 0. The van der Waals surface area contributed by atoms with Gasteiger partial charge in [0.2, 0.25) is 0 Å². The molecule has 1 heterocycles. The number of hydrogen-bond acceptors (Lipinski definition) is 6. The van der Waals surface area contributed by atoms with Crippen LogP contribution in [0.25, 0.3) is 0 Å². The van der Waals surface area contributed by atoms with Gasteiger partial charge in [-0.2, -0.15) is 0 Å². The molecular formula is C20H25N3O5S. The monoisotopic (exact) mass is 419 g/mol. The average molecular weight is 420 g/mol. The molecule has 1 atom stereocenters. The molecule has 0 aromatic heterocycles. The Labute approximate surface area is 170 Å². The minimum Gasteiger partial charge on any atom is -0.390 e. The van der Waals surface area contributed by atoms with E-state index in [0.717, 1.165) is 30.2 Å². The maximum absolute atomic E-state index is 13.2. The fourth-order valence-electron chi connectivity index (χ4n) is 3.49. The summed E-state index contributed by atoms with van der Waals surface area (Å²) in [5.41, 5.74) is 0.150. The molecule has 9 heteroatoms. The molecule has 1 aliphatic rings. The van der Waals surface area contributed by atoms with Gasteiger partial charge >= 0.3 is 0 Å². The number of hydrogen-bond donors (Lipinski definition) is 1. The van der Waals surface area contributed by atoms with Crippen molar-refractivity contribution < 1.29 is 18.4 Å². The number of nitro benzene ring substituents is 1. The molecule has 1 fully saturated rings. The lowest BCUT2D eigenvalue weighted by Crippen LogP contribution is -2.44. The van der Waals surface area contributed by atoms with Gasteiger partial charge in [-0.1, -0.05) is 24.6 Å². The van der Waals surface area contributed by atoms with Crippen molar-refractivity contribution in [1.29, 1.82) is 0 Å². The lowest BCUT2D eigenvalue weighted by Gasteiger charge is -2.31. The highest BCUT2D eigenvalue weighted by Gasteiger charge is 2.28. The number of rotatable bonds is 8. The van der Waals surface area contributed by atoms with E-state index in [2.05, 4.69) is 4.90 Å². The summed E-state index contributed by atoms with van der Waals surface area (Å²) in [7, 11) is -3.94. The highest BCUT2D eigenvalue weighted by molar-refractivity contribution is 7.92. The van der Waals surface area contributed by atoms with Crippen LogP contribution in [-0.2, 0) is 10.0 Å². The largest absolute Gasteiger partial charge is 0.390 e. The number of piperidine rings is 1. The molecule has 29 heavy (non-hydrogen) atoms. The standard InChI is InChI=1S/C20H25N3O5S/c24-19(15-21-13-5-2-6-14-21)16-22(17-9-11-18(12-10-17)23(25)26)29(27,28)20-7-3-1-4-8-20/h1,3-4,7-12,19,24H,2,5-6,13-16H2/t19-/m0/s1. The Kier molecular flexibility index (Phi) is 6.83. The number of nitrogens with zero attached hydrogens (tertiary/aromatic N) is 3. The van der Waals surface area contributed by atoms with Crippen LogP contribution in [0.4, 0.5) is 11.4 Å². The van der Waals surface area contributed by atoms with Gasteiger partial charge in [0.15, 0.2) is 0 Å². The van der Waals surface area contributed by atoms with Crippen molar-refractivity contribution in [2.75, 3.05) is 30.5 Å². The molecule has 1 saturated heterocycles. The van der Waals surface area contributed by atoms with Gasteiger partial charge in [0.05, 0.1) is 28.2 Å². The summed E-state index contributed by atoms with van der Waals surface area (Å²) in [6, 6.07) is 13.3. The first-order valence-electron chi connectivity index (χ1n) is 9.60. The Balaban J connectivity index is 1.87. The molecule has 0 bridgehead atoms. The quantitative estimate of drug-likeness (QED) is 0.521. The van der Waals surface area contributed by atoms with Crippen LogP contribution in [0.2, 0.25) is 0 Å². The average Bonchev–Trinajstić information content (AvgIpc) is 2.73. The first-order valence-corrected chi connectivity index (χ1v) is 11.0. The van der Waals surface area contributed by atoms with Crippen LogP contribution >= 0.6 is 0 Å². The van der Waals surface area contributed by atoms with Crippen molar-refractivity contribution in [2.45, 2.75) is 30.3 Å². The number of anilines is 1. The number of sulfonamides is 1. The van der Waals surface area contributed by atoms with Gasteiger partial charge < -0.3 is 10.0 Å². The van der Waals surface area contributed by atoms with Gasteiger partial charge in [0.1, 0.15) is 0 Å². The molecule has 0 amide bonds. The van der Waals surface area contributed by atoms with Crippen LogP contribution in [-0.4, -0.2) is 55.6 Å². The van der Waals surface area contributed by atoms with Gasteiger partial charge in [0.25, 0.3) is 15.7 Å². The van der Waals surface area contributed by atoms with E-state index in [1.54, 1.807) is 18.2 Å². The minimum absolute atomic E-state index is 0.100. The molecule has 3 rings (SSSR count). The molecule has 0 saturated carbocycles. The molecular weight excluding hydrogens is 394 g/mol. The lowest BCUT2D eigenvalue weighted by molar-refractivity contribution is -0.384. The van der Waals surface area contributed by atoms with E-state index in [-0.39, 0.29) is 22.8 Å². The van der Waals surface area contributed by atoms with Crippen LogP contribution < -0.4 is 4.31 Å². The predicted molar refractivity (Wildman–Crippen MR) is 110 cm³/mol. The summed E-state index contributed by atoms with van der Waals surface area (Å²) in [4.78, 5) is 12.6. The van der Waals surface area contributed by atoms with Gasteiger partial charge in [-0.15, -0.1) is 0 Å². The summed E-state index contributed by atoms with van der Waals surface area (Å²) in [6.45, 7) is 2.03. The summed E-state index contributed by atoms with van der Waals surface area (Å²) < 4.78 is 27.6. The van der Waals surface area contributed by atoms with Crippen LogP contribution in [0.15, 0.2) is 59.5 Å². The second-order valence-corrected chi connectivity index (χ2v) is 9.00. The van der Waals surface area contributed by atoms with Gasteiger partial charge in [-0.25, -0.2) is 8.42 Å². The van der Waals surface area contributed by atoms with Gasteiger partial charge in [-0.3, -0.25) is 14.4 Å². The van der Waals surface area contributed by atoms with E-state index in [1.165, 1.54) is 42.8 Å². The van der Waals surface area contributed by atoms with Crippen LogP contribution in [0, 0.1) is 10.1 Å². The molecule has 2 aromatic carbocycles. The molecule has 1 aliphatic heterocycles. The van der Waals surface area contributed by atoms with Crippen LogP contribution in [0.3, 0.4) is 0 Å². The van der Waals surface area contributed by atoms with E-state index >= 15 is 0 Å². The smallest absolute Gasteiger partial charge is 0.269 e. The summed E-state index contributed by atoms with van der Waals surface area (Å²) >= 11 is 0. The Bertz CT molecular complexity index is 913. The number of non-ortho nitro benzene ring substituents is 1. The predicted octanol–water partition coefficient (Wildman–Crippen LogP) is 2.64. The molecule has 1 N–H and O–H groups in total. The van der Waals surface area contributed by atoms with E-state index in [1.807, 2.05) is 0 Å². The number of likely N-dealkylation sites (tertiary alicyclic amines) is 1. The van der Waals surface area contributed by atoms with Crippen molar-refractivity contribution in [1.82, 2.24) is 4.90 Å². The highest BCUT2D eigenvalue weighted by atomic mass is 32.2. The number of β-amino-alcohol motifs (C(OH)–C–C–N with tert-alkyl or cyclic N) is 1. The zero-order valence-corrected chi connectivity index (χ0v) is 16.9. The first-order chi connectivity index (χ1) is 13.9. The van der Waals surface area contributed by atoms with Crippen molar-refractivity contribution >= 4 is 21.4 Å². The van der Waals surface area contributed by atoms with E-state index < -0.39 is 21.1 Å². The van der Waals surface area contributed by atoms with Crippen LogP contribution in [0.1, 0.15) is 19.3 Å². The first kappa shape index (κ1) is 21.2. The van der Waals surface area contributed by atoms with Crippen molar-refractivity contribution in [2.24, 2.45) is 0 Å². The van der Waals surface area contributed by atoms with E-state index in [0.29, 0.717) is 6.54 Å². The summed E-state index contributed by atoms with van der Waals surface area (Å²) in [6.07, 6.45) is 2.42. The van der Waals surface area contributed by atoms with Crippen molar-refractivity contribution in [3.63, 3.8) is 0 Å². The number of nitro groups is 1. The highest BCUT2D eigenvalue weighted by Crippen LogP contribution is 2.26. The zero-order valence-electron chi connectivity index (χ0n) is 16.1. The second-order valence-electron chi connectivity index (χ2n) is 7.14.